The molecule has 5 nitrogen and oxygen atoms in total. The van der Waals surface area contributed by atoms with E-state index in [1.807, 2.05) is 0 Å². The smallest absolute Gasteiger partial charge is 0.308 e. The molecule has 1 aliphatic carbocycles. The van der Waals surface area contributed by atoms with Crippen molar-refractivity contribution in [2.45, 2.75) is 38.6 Å². The highest BCUT2D eigenvalue weighted by Gasteiger charge is 2.30. The summed E-state index contributed by atoms with van der Waals surface area (Å²) in [5.74, 6) is -1.59. The average molecular weight is 228 g/mol. The molecule has 4 N–H and O–H groups in total. The van der Waals surface area contributed by atoms with Crippen molar-refractivity contribution in [2.75, 3.05) is 6.54 Å². The molecule has 3 atom stereocenters. The fourth-order valence-corrected chi connectivity index (χ4v) is 2.08. The second kappa shape index (κ2) is 5.84. The molecule has 1 rings (SSSR count). The van der Waals surface area contributed by atoms with Gasteiger partial charge in [0.05, 0.1) is 11.8 Å². The molecule has 1 fully saturated rings. The summed E-state index contributed by atoms with van der Waals surface area (Å²) in [4.78, 5) is 22.5. The van der Waals surface area contributed by atoms with Crippen LogP contribution in [0.1, 0.15) is 32.6 Å². The zero-order valence-corrected chi connectivity index (χ0v) is 9.61. The average Bonchev–Trinajstić information content (AvgIpc) is 2.64. The van der Waals surface area contributed by atoms with E-state index < -0.39 is 11.9 Å². The number of carboxylic acid groups (broad SMARTS) is 1. The molecule has 0 aromatic heterocycles. The minimum atomic E-state index is -0.862. The third kappa shape index (κ3) is 3.20. The number of carbonyl (C=O) groups excluding carboxylic acids is 1. The number of carboxylic acids is 1. The molecule has 0 spiro atoms. The van der Waals surface area contributed by atoms with Crippen LogP contribution in [0.4, 0.5) is 0 Å². The Labute approximate surface area is 95.4 Å². The van der Waals surface area contributed by atoms with Crippen LogP contribution in [0.5, 0.6) is 0 Å². The molecule has 92 valence electrons. The summed E-state index contributed by atoms with van der Waals surface area (Å²) in [6.07, 6.45) is 3.20. The SMILES string of the molecule is CCC(CNC(=O)C1CCCC1N)C(=O)O. The zero-order chi connectivity index (χ0) is 12.1. The Bertz CT molecular complexity index is 268. The molecule has 0 heterocycles. The summed E-state index contributed by atoms with van der Waals surface area (Å²) in [5.41, 5.74) is 5.80. The topological polar surface area (TPSA) is 92.4 Å². The summed E-state index contributed by atoms with van der Waals surface area (Å²) in [5, 5.41) is 11.5. The highest BCUT2D eigenvalue weighted by Crippen LogP contribution is 2.23. The van der Waals surface area contributed by atoms with Crippen LogP contribution in [-0.2, 0) is 9.59 Å². The maximum absolute atomic E-state index is 11.7. The quantitative estimate of drug-likeness (QED) is 0.632. The molecular weight excluding hydrogens is 208 g/mol. The molecule has 0 aromatic carbocycles. The highest BCUT2D eigenvalue weighted by atomic mass is 16.4. The molecule has 16 heavy (non-hydrogen) atoms. The van der Waals surface area contributed by atoms with Gasteiger partial charge in [-0.25, -0.2) is 0 Å². The number of carbonyl (C=O) groups is 2. The van der Waals surface area contributed by atoms with Crippen molar-refractivity contribution in [3.63, 3.8) is 0 Å². The Morgan fingerprint density at radius 2 is 2.19 bits per heavy atom. The van der Waals surface area contributed by atoms with E-state index >= 15 is 0 Å². The first-order chi connectivity index (χ1) is 7.56. The van der Waals surface area contributed by atoms with Gasteiger partial charge in [0.25, 0.3) is 0 Å². The minimum absolute atomic E-state index is 0.0649. The second-order valence-electron chi connectivity index (χ2n) is 4.39. The van der Waals surface area contributed by atoms with Gasteiger partial charge in [0, 0.05) is 12.6 Å². The van der Waals surface area contributed by atoms with Crippen molar-refractivity contribution in [2.24, 2.45) is 17.6 Å². The van der Waals surface area contributed by atoms with E-state index in [9.17, 15) is 9.59 Å². The van der Waals surface area contributed by atoms with Gasteiger partial charge in [-0.15, -0.1) is 0 Å². The lowest BCUT2D eigenvalue weighted by Crippen LogP contribution is -2.41. The number of aliphatic carboxylic acids is 1. The largest absolute Gasteiger partial charge is 0.481 e. The maximum atomic E-state index is 11.7. The van der Waals surface area contributed by atoms with Crippen molar-refractivity contribution >= 4 is 11.9 Å². The summed E-state index contributed by atoms with van der Waals surface area (Å²) in [6.45, 7) is 2.00. The molecule has 1 amide bonds. The second-order valence-corrected chi connectivity index (χ2v) is 4.39. The first kappa shape index (κ1) is 13.0. The molecule has 1 saturated carbocycles. The molecule has 0 radical (unpaired) electrons. The lowest BCUT2D eigenvalue weighted by molar-refractivity contribution is -0.141. The van der Waals surface area contributed by atoms with Crippen LogP contribution in [0.15, 0.2) is 0 Å². The summed E-state index contributed by atoms with van der Waals surface area (Å²) in [6, 6.07) is -0.0649. The summed E-state index contributed by atoms with van der Waals surface area (Å²) >= 11 is 0. The molecule has 0 bridgehead atoms. The van der Waals surface area contributed by atoms with Gasteiger partial charge >= 0.3 is 5.97 Å². The first-order valence-electron chi connectivity index (χ1n) is 5.82. The highest BCUT2D eigenvalue weighted by molar-refractivity contribution is 5.80. The third-order valence-electron chi connectivity index (χ3n) is 3.27. The molecular formula is C11H20N2O3. The fraction of sp³-hybridized carbons (Fsp3) is 0.818. The Morgan fingerprint density at radius 1 is 1.50 bits per heavy atom. The van der Waals surface area contributed by atoms with Crippen LogP contribution in [0, 0.1) is 11.8 Å². The Kier molecular flexibility index (Phi) is 4.73. The number of hydrogen-bond acceptors (Lipinski definition) is 3. The molecule has 3 unspecified atom stereocenters. The standard InChI is InChI=1S/C11H20N2O3/c1-2-7(11(15)16)6-13-10(14)8-4-3-5-9(8)12/h7-9H,2-6,12H2,1H3,(H,13,14)(H,15,16). The van der Waals surface area contributed by atoms with E-state index in [0.717, 1.165) is 19.3 Å². The number of rotatable bonds is 5. The number of nitrogens with two attached hydrogens (primary N) is 1. The van der Waals surface area contributed by atoms with Gasteiger partial charge in [0.1, 0.15) is 0 Å². The van der Waals surface area contributed by atoms with Gasteiger partial charge in [-0.05, 0) is 19.3 Å². The Hall–Kier alpha value is -1.10. The van der Waals surface area contributed by atoms with Crippen LogP contribution in [0.2, 0.25) is 0 Å². The lowest BCUT2D eigenvalue weighted by Gasteiger charge is -2.17. The van der Waals surface area contributed by atoms with Crippen LogP contribution in [-0.4, -0.2) is 29.6 Å². The van der Waals surface area contributed by atoms with E-state index in [4.69, 9.17) is 10.8 Å². The monoisotopic (exact) mass is 228 g/mol. The van der Waals surface area contributed by atoms with Crippen molar-refractivity contribution in [3.05, 3.63) is 0 Å². The predicted octanol–water partition coefficient (Wildman–Crippen LogP) is 0.341. The van der Waals surface area contributed by atoms with Crippen LogP contribution < -0.4 is 11.1 Å². The van der Waals surface area contributed by atoms with Crippen molar-refractivity contribution in [1.29, 1.82) is 0 Å². The summed E-state index contributed by atoms with van der Waals surface area (Å²) < 4.78 is 0. The van der Waals surface area contributed by atoms with Gasteiger partial charge < -0.3 is 16.2 Å². The third-order valence-corrected chi connectivity index (χ3v) is 3.27. The number of amides is 1. The molecule has 0 saturated heterocycles. The van der Waals surface area contributed by atoms with E-state index in [1.165, 1.54) is 0 Å². The molecule has 0 aliphatic heterocycles. The number of hydrogen-bond donors (Lipinski definition) is 3. The van der Waals surface area contributed by atoms with Gasteiger partial charge in [-0.3, -0.25) is 9.59 Å². The van der Waals surface area contributed by atoms with Gasteiger partial charge in [0.2, 0.25) is 5.91 Å². The zero-order valence-electron chi connectivity index (χ0n) is 9.61. The van der Waals surface area contributed by atoms with Crippen molar-refractivity contribution < 1.29 is 14.7 Å². The molecule has 5 heteroatoms. The Morgan fingerprint density at radius 3 is 2.62 bits per heavy atom. The van der Waals surface area contributed by atoms with E-state index in [0.29, 0.717) is 6.42 Å². The normalized spacial score (nSPS) is 26.4. The lowest BCUT2D eigenvalue weighted by atomic mass is 10.0. The van der Waals surface area contributed by atoms with E-state index in [2.05, 4.69) is 5.32 Å². The fourth-order valence-electron chi connectivity index (χ4n) is 2.08. The molecule has 1 aliphatic rings. The van der Waals surface area contributed by atoms with Crippen molar-refractivity contribution in [1.82, 2.24) is 5.32 Å². The van der Waals surface area contributed by atoms with Gasteiger partial charge in [0.15, 0.2) is 0 Å². The van der Waals surface area contributed by atoms with Crippen LogP contribution >= 0.6 is 0 Å². The van der Waals surface area contributed by atoms with Crippen LogP contribution in [0.3, 0.4) is 0 Å². The Balaban J connectivity index is 2.37. The first-order valence-corrected chi connectivity index (χ1v) is 5.82. The van der Waals surface area contributed by atoms with Gasteiger partial charge in [-0.1, -0.05) is 13.3 Å². The van der Waals surface area contributed by atoms with Gasteiger partial charge in [-0.2, -0.15) is 0 Å². The summed E-state index contributed by atoms with van der Waals surface area (Å²) in [7, 11) is 0. The van der Waals surface area contributed by atoms with Crippen LogP contribution in [0.25, 0.3) is 0 Å². The maximum Gasteiger partial charge on any atom is 0.308 e. The van der Waals surface area contributed by atoms with Crippen molar-refractivity contribution in [3.8, 4) is 0 Å². The number of nitrogens with one attached hydrogen (secondary N) is 1. The van der Waals surface area contributed by atoms with E-state index in [-0.39, 0.29) is 24.4 Å². The predicted molar refractivity (Wildman–Crippen MR) is 59.7 cm³/mol. The minimum Gasteiger partial charge on any atom is -0.481 e. The molecule has 0 aromatic rings. The van der Waals surface area contributed by atoms with E-state index in [1.54, 1.807) is 6.92 Å².